The van der Waals surface area contributed by atoms with Gasteiger partial charge in [0.25, 0.3) is 0 Å². The van der Waals surface area contributed by atoms with E-state index in [1.54, 1.807) is 12.1 Å². The molecule has 1 atom stereocenters. The van der Waals surface area contributed by atoms with E-state index in [1.807, 2.05) is 26.1 Å². The molecule has 0 aliphatic rings. The third-order valence-corrected chi connectivity index (χ3v) is 2.33. The highest BCUT2D eigenvalue weighted by molar-refractivity contribution is 5.30. The van der Waals surface area contributed by atoms with Crippen LogP contribution in [0.15, 0.2) is 24.3 Å². The second-order valence-electron chi connectivity index (χ2n) is 3.30. The van der Waals surface area contributed by atoms with Crippen LogP contribution in [-0.2, 0) is 6.42 Å². The molecule has 0 bridgehead atoms. The first-order valence-electron chi connectivity index (χ1n) is 4.68. The third kappa shape index (κ3) is 2.77. The van der Waals surface area contributed by atoms with E-state index in [0.717, 1.165) is 11.1 Å². The zero-order chi connectivity index (χ0) is 10.6. The normalized spacial score (nSPS) is 13.2. The Hall–Kier alpha value is -0.960. The van der Waals surface area contributed by atoms with Gasteiger partial charge in [-0.1, -0.05) is 24.3 Å². The molecule has 0 saturated heterocycles. The van der Waals surface area contributed by atoms with Crippen LogP contribution in [0.25, 0.3) is 0 Å². The van der Waals surface area contributed by atoms with Crippen LogP contribution in [0.3, 0.4) is 0 Å². The molecule has 0 fully saturated rings. The lowest BCUT2D eigenvalue weighted by Gasteiger charge is -2.15. The molecular formula is C11H15F2N. The van der Waals surface area contributed by atoms with E-state index in [0.29, 0.717) is 0 Å². The van der Waals surface area contributed by atoms with Crippen molar-refractivity contribution in [3.8, 4) is 0 Å². The Balaban J connectivity index is 2.91. The van der Waals surface area contributed by atoms with Crippen molar-refractivity contribution in [1.29, 1.82) is 0 Å². The fourth-order valence-corrected chi connectivity index (χ4v) is 1.46. The summed E-state index contributed by atoms with van der Waals surface area (Å²) in [7, 11) is 1.82. The molecule has 0 heterocycles. The van der Waals surface area contributed by atoms with Gasteiger partial charge in [0.15, 0.2) is 0 Å². The van der Waals surface area contributed by atoms with Crippen molar-refractivity contribution >= 4 is 0 Å². The van der Waals surface area contributed by atoms with E-state index in [-0.39, 0.29) is 12.5 Å². The SMILES string of the molecule is CNC(C)c1ccccc1CC(F)F. The zero-order valence-electron chi connectivity index (χ0n) is 8.43. The molecule has 1 unspecified atom stereocenters. The number of hydrogen-bond donors (Lipinski definition) is 1. The number of nitrogens with one attached hydrogen (secondary N) is 1. The summed E-state index contributed by atoms with van der Waals surface area (Å²) in [5.74, 6) is 0. The Morgan fingerprint density at radius 2 is 1.93 bits per heavy atom. The number of halogens is 2. The number of benzene rings is 1. The van der Waals surface area contributed by atoms with Crippen molar-refractivity contribution in [2.24, 2.45) is 0 Å². The molecule has 1 aromatic rings. The van der Waals surface area contributed by atoms with E-state index in [1.165, 1.54) is 0 Å². The van der Waals surface area contributed by atoms with Crippen LogP contribution < -0.4 is 5.32 Å². The average Bonchev–Trinajstić information content (AvgIpc) is 2.16. The minimum Gasteiger partial charge on any atom is -0.313 e. The maximum atomic E-state index is 12.2. The maximum absolute atomic E-state index is 12.2. The summed E-state index contributed by atoms with van der Waals surface area (Å²) in [5.41, 5.74) is 1.68. The fraction of sp³-hybridized carbons (Fsp3) is 0.455. The van der Waals surface area contributed by atoms with E-state index < -0.39 is 6.43 Å². The van der Waals surface area contributed by atoms with Gasteiger partial charge in [-0.15, -0.1) is 0 Å². The summed E-state index contributed by atoms with van der Waals surface area (Å²) in [6.07, 6.45) is -2.44. The maximum Gasteiger partial charge on any atom is 0.242 e. The van der Waals surface area contributed by atoms with Gasteiger partial charge >= 0.3 is 0 Å². The van der Waals surface area contributed by atoms with Gasteiger partial charge in [-0.3, -0.25) is 0 Å². The van der Waals surface area contributed by atoms with E-state index in [4.69, 9.17) is 0 Å². The largest absolute Gasteiger partial charge is 0.313 e. The molecule has 0 saturated carbocycles. The fourth-order valence-electron chi connectivity index (χ4n) is 1.46. The highest BCUT2D eigenvalue weighted by Crippen LogP contribution is 2.19. The van der Waals surface area contributed by atoms with Crippen LogP contribution in [0, 0.1) is 0 Å². The molecular weight excluding hydrogens is 184 g/mol. The molecule has 0 radical (unpaired) electrons. The number of rotatable bonds is 4. The second-order valence-corrected chi connectivity index (χ2v) is 3.30. The molecule has 1 rings (SSSR count). The summed E-state index contributed by atoms with van der Waals surface area (Å²) in [4.78, 5) is 0. The van der Waals surface area contributed by atoms with Crippen molar-refractivity contribution in [3.63, 3.8) is 0 Å². The molecule has 1 aromatic carbocycles. The second kappa shape index (κ2) is 5.05. The van der Waals surface area contributed by atoms with Crippen LogP contribution in [-0.4, -0.2) is 13.5 Å². The summed E-state index contributed by atoms with van der Waals surface area (Å²) in [6, 6.07) is 7.43. The Kier molecular flexibility index (Phi) is 4.01. The highest BCUT2D eigenvalue weighted by atomic mass is 19.3. The van der Waals surface area contributed by atoms with Gasteiger partial charge in [0.1, 0.15) is 0 Å². The molecule has 0 aliphatic carbocycles. The minimum atomic E-state index is -2.28. The van der Waals surface area contributed by atoms with Crippen molar-refractivity contribution in [2.75, 3.05) is 7.05 Å². The smallest absolute Gasteiger partial charge is 0.242 e. The predicted molar refractivity (Wildman–Crippen MR) is 53.6 cm³/mol. The molecule has 0 aliphatic heterocycles. The first kappa shape index (κ1) is 11.1. The van der Waals surface area contributed by atoms with Crippen molar-refractivity contribution in [1.82, 2.24) is 5.32 Å². The lowest BCUT2D eigenvalue weighted by atomic mass is 9.99. The van der Waals surface area contributed by atoms with Crippen LogP contribution in [0.2, 0.25) is 0 Å². The number of alkyl halides is 2. The van der Waals surface area contributed by atoms with Crippen LogP contribution >= 0.6 is 0 Å². The van der Waals surface area contributed by atoms with Gasteiger partial charge in [0.2, 0.25) is 6.43 Å². The lowest BCUT2D eigenvalue weighted by Crippen LogP contribution is -2.15. The lowest BCUT2D eigenvalue weighted by molar-refractivity contribution is 0.148. The molecule has 0 amide bonds. The summed E-state index contributed by atoms with van der Waals surface area (Å²) in [5, 5.41) is 3.05. The molecule has 0 aromatic heterocycles. The Labute approximate surface area is 83.1 Å². The number of hydrogen-bond acceptors (Lipinski definition) is 1. The summed E-state index contributed by atoms with van der Waals surface area (Å²) in [6.45, 7) is 1.96. The van der Waals surface area contributed by atoms with Gasteiger partial charge in [-0.05, 0) is 25.1 Å². The zero-order valence-corrected chi connectivity index (χ0v) is 8.43. The third-order valence-electron chi connectivity index (χ3n) is 2.33. The van der Waals surface area contributed by atoms with Crippen LogP contribution in [0.1, 0.15) is 24.1 Å². The molecule has 0 spiro atoms. The van der Waals surface area contributed by atoms with Gasteiger partial charge in [-0.2, -0.15) is 0 Å². The summed E-state index contributed by atoms with van der Waals surface area (Å²) >= 11 is 0. The van der Waals surface area contributed by atoms with E-state index in [2.05, 4.69) is 5.32 Å². The van der Waals surface area contributed by atoms with Gasteiger partial charge in [0, 0.05) is 12.5 Å². The standard InChI is InChI=1S/C11H15F2N/c1-8(14-2)10-6-4-3-5-9(10)7-11(12)13/h3-6,8,11,14H,7H2,1-2H3. The van der Waals surface area contributed by atoms with Gasteiger partial charge < -0.3 is 5.32 Å². The van der Waals surface area contributed by atoms with Crippen molar-refractivity contribution < 1.29 is 8.78 Å². The topological polar surface area (TPSA) is 12.0 Å². The summed E-state index contributed by atoms with van der Waals surface area (Å²) < 4.78 is 24.5. The molecule has 14 heavy (non-hydrogen) atoms. The Bertz CT molecular complexity index is 286. The molecule has 1 nitrogen and oxygen atoms in total. The predicted octanol–water partition coefficient (Wildman–Crippen LogP) is 2.77. The van der Waals surface area contributed by atoms with Gasteiger partial charge in [-0.25, -0.2) is 8.78 Å². The molecule has 1 N–H and O–H groups in total. The molecule has 3 heteroatoms. The first-order valence-corrected chi connectivity index (χ1v) is 4.68. The van der Waals surface area contributed by atoms with Crippen LogP contribution in [0.4, 0.5) is 8.78 Å². The Morgan fingerprint density at radius 1 is 1.29 bits per heavy atom. The Morgan fingerprint density at radius 3 is 2.50 bits per heavy atom. The highest BCUT2D eigenvalue weighted by Gasteiger charge is 2.11. The van der Waals surface area contributed by atoms with Gasteiger partial charge in [0.05, 0.1) is 0 Å². The minimum absolute atomic E-state index is 0.116. The van der Waals surface area contributed by atoms with Crippen molar-refractivity contribution in [3.05, 3.63) is 35.4 Å². The molecule has 78 valence electrons. The average molecular weight is 199 g/mol. The monoisotopic (exact) mass is 199 g/mol. The quantitative estimate of drug-likeness (QED) is 0.786. The van der Waals surface area contributed by atoms with E-state index in [9.17, 15) is 8.78 Å². The van der Waals surface area contributed by atoms with Crippen LogP contribution in [0.5, 0.6) is 0 Å². The first-order chi connectivity index (χ1) is 6.65. The van der Waals surface area contributed by atoms with E-state index >= 15 is 0 Å². The van der Waals surface area contributed by atoms with Crippen molar-refractivity contribution in [2.45, 2.75) is 25.8 Å².